The second-order valence-electron chi connectivity index (χ2n) is 1.68. The molecular weight excluding hydrogens is 138 g/mol. The van der Waals surface area contributed by atoms with Gasteiger partial charge in [-0.05, 0) is 0 Å². The molecule has 1 aromatic carbocycles. The molecule has 0 atom stereocenters. The van der Waals surface area contributed by atoms with Gasteiger partial charge in [-0.25, -0.2) is 5.46 Å². The second-order valence-corrected chi connectivity index (χ2v) is 1.68. The van der Waals surface area contributed by atoms with E-state index in [0.29, 0.717) is 0 Å². The van der Waals surface area contributed by atoms with Crippen molar-refractivity contribution in [1.82, 2.24) is 0 Å². The van der Waals surface area contributed by atoms with Crippen LogP contribution in [0.2, 0.25) is 0 Å². The predicted octanol–water partition coefficient (Wildman–Crippen LogP) is -0.547. The third kappa shape index (κ3) is 0.817. The maximum absolute atomic E-state index is 3.07. The zero-order valence-electron chi connectivity index (χ0n) is 4.19. The standard InChI is InChI=1S/C6H3B.Mn/c1-2-4-6-5(3-1)7-6;/h1-3H;/q-1;. The van der Waals surface area contributed by atoms with Gasteiger partial charge in [-0.2, -0.15) is 29.7 Å². The van der Waals surface area contributed by atoms with E-state index < -0.39 is 0 Å². The van der Waals surface area contributed by atoms with Crippen LogP contribution in [0.15, 0.2) is 18.2 Å². The summed E-state index contributed by atoms with van der Waals surface area (Å²) >= 11 is 0. The summed E-state index contributed by atoms with van der Waals surface area (Å²) in [7, 11) is 2.11. The summed E-state index contributed by atoms with van der Waals surface area (Å²) in [6, 6.07) is 9.09. The Morgan fingerprint density at radius 1 is 1.50 bits per heavy atom. The minimum absolute atomic E-state index is 0. The van der Waals surface area contributed by atoms with Crippen molar-refractivity contribution in [2.75, 3.05) is 0 Å². The van der Waals surface area contributed by atoms with E-state index in [0.717, 1.165) is 0 Å². The molecule has 2 radical (unpaired) electrons. The van der Waals surface area contributed by atoms with E-state index in [2.05, 4.69) is 19.4 Å². The van der Waals surface area contributed by atoms with E-state index in [4.69, 9.17) is 0 Å². The smallest absolute Gasteiger partial charge is 0.0737 e. The maximum Gasteiger partial charge on any atom is 0.0737 e. The van der Waals surface area contributed by atoms with E-state index >= 15 is 0 Å². The Morgan fingerprint density at radius 3 is 2.88 bits per heavy atom. The molecule has 0 spiro atoms. The van der Waals surface area contributed by atoms with Crippen molar-refractivity contribution in [1.29, 1.82) is 0 Å². The third-order valence-corrected chi connectivity index (χ3v) is 1.14. The van der Waals surface area contributed by atoms with Crippen LogP contribution in [0.3, 0.4) is 0 Å². The molecule has 1 aliphatic heterocycles. The molecule has 1 aliphatic rings. The molecule has 0 fully saturated rings. The summed E-state index contributed by atoms with van der Waals surface area (Å²) in [5.41, 5.74) is 2.63. The molecule has 0 saturated heterocycles. The molecule has 2 rings (SSSR count). The van der Waals surface area contributed by atoms with Gasteiger partial charge in [0.25, 0.3) is 0 Å². The first-order chi connectivity index (χ1) is 3.47. The molecule has 1 heterocycles. The van der Waals surface area contributed by atoms with Crippen LogP contribution in [0.4, 0.5) is 0 Å². The summed E-state index contributed by atoms with van der Waals surface area (Å²) in [6.45, 7) is 0. The molecule has 0 amide bonds. The molecule has 0 N–H and O–H groups in total. The van der Waals surface area contributed by atoms with Gasteiger partial charge in [0.05, 0.1) is 7.28 Å². The van der Waals surface area contributed by atoms with Crippen molar-refractivity contribution < 1.29 is 17.1 Å². The summed E-state index contributed by atoms with van der Waals surface area (Å²) in [5, 5.41) is 0. The normalized spacial score (nSPS) is 10.5. The average Bonchev–Trinajstić information content (AvgIpc) is 2.41. The van der Waals surface area contributed by atoms with Crippen molar-refractivity contribution in [2.45, 2.75) is 0 Å². The fraction of sp³-hybridized carbons (Fsp3) is 0. The number of rotatable bonds is 0. The second kappa shape index (κ2) is 1.96. The third-order valence-electron chi connectivity index (χ3n) is 1.14. The van der Waals surface area contributed by atoms with Gasteiger partial charge in [-0.1, -0.05) is 0 Å². The SMILES string of the molecule is [B]1c2[c-]cccc21.[Mn]. The topological polar surface area (TPSA) is 0 Å². The first kappa shape index (κ1) is 5.93. The zero-order valence-corrected chi connectivity index (χ0v) is 5.37. The molecule has 0 bridgehead atoms. The Morgan fingerprint density at radius 2 is 2.38 bits per heavy atom. The van der Waals surface area contributed by atoms with Gasteiger partial charge in [-0.3, -0.25) is 0 Å². The Kier molecular flexibility index (Phi) is 1.46. The monoisotopic (exact) mass is 141 g/mol. The number of hydrogen-bond donors (Lipinski definition) is 0. The Hall–Kier alpha value is -0.196. The van der Waals surface area contributed by atoms with Gasteiger partial charge in [0.2, 0.25) is 0 Å². The Bertz CT molecular complexity index is 176. The minimum Gasteiger partial charge on any atom is -0.210 e. The predicted molar refractivity (Wildman–Crippen MR) is 30.3 cm³/mol. The fourth-order valence-electron chi connectivity index (χ4n) is 0.672. The quantitative estimate of drug-likeness (QED) is 0.341. The van der Waals surface area contributed by atoms with Crippen LogP contribution in [-0.2, 0) is 17.1 Å². The molecule has 0 saturated carbocycles. The van der Waals surface area contributed by atoms with Gasteiger partial charge < -0.3 is 0 Å². The summed E-state index contributed by atoms with van der Waals surface area (Å²) in [6.07, 6.45) is 0. The van der Waals surface area contributed by atoms with E-state index in [1.807, 2.05) is 12.1 Å². The van der Waals surface area contributed by atoms with Crippen molar-refractivity contribution >= 4 is 18.2 Å². The van der Waals surface area contributed by atoms with Crippen LogP contribution in [0, 0.1) is 6.07 Å². The fourth-order valence-corrected chi connectivity index (χ4v) is 0.672. The molecule has 8 heavy (non-hydrogen) atoms. The summed E-state index contributed by atoms with van der Waals surface area (Å²) in [4.78, 5) is 0. The molecular formula is C6H3BMn-. The van der Waals surface area contributed by atoms with Crippen LogP contribution in [0.25, 0.3) is 0 Å². The molecule has 0 aliphatic carbocycles. The largest absolute Gasteiger partial charge is 0.210 e. The molecule has 1 aromatic rings. The van der Waals surface area contributed by atoms with E-state index in [1.165, 1.54) is 10.9 Å². The summed E-state index contributed by atoms with van der Waals surface area (Å²) < 4.78 is 0. The molecule has 0 aromatic heterocycles. The van der Waals surface area contributed by atoms with Gasteiger partial charge in [0, 0.05) is 17.1 Å². The van der Waals surface area contributed by atoms with Gasteiger partial charge in [0.15, 0.2) is 0 Å². The Balaban J connectivity index is 0.000000320. The average molecular weight is 141 g/mol. The zero-order chi connectivity index (χ0) is 4.69. The van der Waals surface area contributed by atoms with Gasteiger partial charge >= 0.3 is 0 Å². The van der Waals surface area contributed by atoms with Crippen molar-refractivity contribution in [3.05, 3.63) is 24.3 Å². The van der Waals surface area contributed by atoms with Crippen molar-refractivity contribution in [2.24, 2.45) is 0 Å². The number of hydrogen-bond acceptors (Lipinski definition) is 0. The molecule has 0 unspecified atom stereocenters. The van der Waals surface area contributed by atoms with E-state index in [9.17, 15) is 0 Å². The summed E-state index contributed by atoms with van der Waals surface area (Å²) in [5.74, 6) is 0. The van der Waals surface area contributed by atoms with E-state index in [-0.39, 0.29) is 17.1 Å². The van der Waals surface area contributed by atoms with Crippen LogP contribution in [0.1, 0.15) is 0 Å². The molecule has 0 nitrogen and oxygen atoms in total. The number of fused-ring (bicyclic) bond motifs is 1. The minimum atomic E-state index is 0. The van der Waals surface area contributed by atoms with Crippen molar-refractivity contribution in [3.8, 4) is 0 Å². The number of benzene rings is 1. The maximum atomic E-state index is 3.07. The van der Waals surface area contributed by atoms with Crippen LogP contribution >= 0.6 is 0 Å². The van der Waals surface area contributed by atoms with Gasteiger partial charge in [-0.15, -0.1) is 0 Å². The van der Waals surface area contributed by atoms with Crippen molar-refractivity contribution in [3.63, 3.8) is 0 Å². The van der Waals surface area contributed by atoms with Crippen LogP contribution < -0.4 is 10.9 Å². The van der Waals surface area contributed by atoms with E-state index in [1.54, 1.807) is 0 Å². The first-order valence-electron chi connectivity index (χ1n) is 2.32. The van der Waals surface area contributed by atoms with Crippen LogP contribution in [-0.4, -0.2) is 7.28 Å². The first-order valence-corrected chi connectivity index (χ1v) is 2.32. The molecule has 2 heteroatoms. The van der Waals surface area contributed by atoms with Crippen LogP contribution in [0.5, 0.6) is 0 Å². The Labute approximate surface area is 60.0 Å². The van der Waals surface area contributed by atoms with Gasteiger partial charge in [0.1, 0.15) is 0 Å². The molecule has 38 valence electrons.